The van der Waals surface area contributed by atoms with Crippen LogP contribution in [0.1, 0.15) is 30.5 Å². The highest BCUT2D eigenvalue weighted by Gasteiger charge is 2.26. The zero-order valence-corrected chi connectivity index (χ0v) is 19.9. The number of rotatable bonds is 6. The van der Waals surface area contributed by atoms with E-state index in [0.717, 1.165) is 10.1 Å². The zero-order valence-electron chi connectivity index (χ0n) is 19.1. The van der Waals surface area contributed by atoms with Gasteiger partial charge >= 0.3 is 5.69 Å². The molecule has 0 unspecified atom stereocenters. The second-order valence-electron chi connectivity index (χ2n) is 8.36. The molecule has 0 saturated heterocycles. The van der Waals surface area contributed by atoms with E-state index in [0.29, 0.717) is 29.2 Å². The lowest BCUT2D eigenvalue weighted by Gasteiger charge is -2.26. The first-order chi connectivity index (χ1) is 17.0. The van der Waals surface area contributed by atoms with E-state index >= 15 is 0 Å². The quantitative estimate of drug-likeness (QED) is 0.446. The maximum absolute atomic E-state index is 14.2. The second kappa shape index (κ2) is 9.53. The number of aryl methyl sites for hydroxylation is 1. The Kier molecular flexibility index (Phi) is 6.29. The molecule has 180 valence electrons. The van der Waals surface area contributed by atoms with Crippen LogP contribution in [-0.2, 0) is 24.4 Å². The SMILES string of the molecule is CCn1cnc2c1c(=O)n(CC(=O)N[C@H]1CCSc3c(F)cccc31)c(=O)n2Cc1ccccc1. The van der Waals surface area contributed by atoms with Crippen molar-refractivity contribution >= 4 is 28.8 Å². The van der Waals surface area contributed by atoms with Crippen molar-refractivity contribution in [2.24, 2.45) is 0 Å². The van der Waals surface area contributed by atoms with Crippen LogP contribution in [0.25, 0.3) is 11.2 Å². The van der Waals surface area contributed by atoms with Gasteiger partial charge in [-0.15, -0.1) is 11.8 Å². The molecule has 1 atom stereocenters. The number of nitrogens with one attached hydrogen (secondary N) is 1. The van der Waals surface area contributed by atoms with E-state index < -0.39 is 23.7 Å². The summed E-state index contributed by atoms with van der Waals surface area (Å²) in [7, 11) is 0. The minimum atomic E-state index is -0.603. The summed E-state index contributed by atoms with van der Waals surface area (Å²) in [5.41, 5.74) is 0.981. The number of thioether (sulfide) groups is 1. The standard InChI is InChI=1S/C25H24FN5O3S/c1-2-29-15-27-23-21(29)24(33)31(25(34)30(23)13-16-7-4-3-5-8-16)14-20(32)28-19-11-12-35-22-17(19)9-6-10-18(22)26/h3-10,15,19H,2,11-14H2,1H3,(H,28,32)/t19-/m0/s1. The van der Waals surface area contributed by atoms with Crippen molar-refractivity contribution in [3.63, 3.8) is 0 Å². The van der Waals surface area contributed by atoms with Crippen LogP contribution in [0.3, 0.4) is 0 Å². The number of carbonyl (C=O) groups excluding carboxylic acids is 1. The third kappa shape index (κ3) is 4.29. The highest BCUT2D eigenvalue weighted by atomic mass is 32.2. The average molecular weight is 494 g/mol. The summed E-state index contributed by atoms with van der Waals surface area (Å²) in [4.78, 5) is 44.6. The van der Waals surface area contributed by atoms with Crippen LogP contribution < -0.4 is 16.6 Å². The number of halogens is 1. The molecule has 1 aliphatic rings. The van der Waals surface area contributed by atoms with Gasteiger partial charge in [0.15, 0.2) is 11.2 Å². The fourth-order valence-corrected chi connectivity index (χ4v) is 5.59. The Hall–Kier alpha value is -3.66. The van der Waals surface area contributed by atoms with E-state index in [-0.39, 0.29) is 29.6 Å². The maximum Gasteiger partial charge on any atom is 0.333 e. The van der Waals surface area contributed by atoms with Gasteiger partial charge in [0, 0.05) is 17.2 Å². The predicted molar refractivity (Wildman–Crippen MR) is 132 cm³/mol. The van der Waals surface area contributed by atoms with E-state index in [1.54, 1.807) is 16.7 Å². The Labute approximate surface area is 204 Å². The molecule has 1 N–H and O–H groups in total. The van der Waals surface area contributed by atoms with Crippen LogP contribution in [0.5, 0.6) is 0 Å². The lowest BCUT2D eigenvalue weighted by atomic mass is 10.0. The average Bonchev–Trinajstić information content (AvgIpc) is 3.30. The van der Waals surface area contributed by atoms with Gasteiger partial charge in [-0.25, -0.2) is 18.7 Å². The Morgan fingerprint density at radius 1 is 1.14 bits per heavy atom. The first-order valence-electron chi connectivity index (χ1n) is 11.4. The van der Waals surface area contributed by atoms with Crippen molar-refractivity contribution in [1.29, 1.82) is 0 Å². The van der Waals surface area contributed by atoms with E-state index in [1.165, 1.54) is 28.7 Å². The van der Waals surface area contributed by atoms with Gasteiger partial charge in [-0.05, 0) is 30.5 Å². The van der Waals surface area contributed by atoms with Crippen LogP contribution in [0.15, 0.2) is 69.3 Å². The summed E-state index contributed by atoms with van der Waals surface area (Å²) in [5, 5.41) is 2.90. The molecule has 5 rings (SSSR count). The van der Waals surface area contributed by atoms with Crippen molar-refractivity contribution in [3.8, 4) is 0 Å². The zero-order chi connectivity index (χ0) is 24.5. The van der Waals surface area contributed by atoms with Crippen LogP contribution in [0, 0.1) is 5.82 Å². The van der Waals surface area contributed by atoms with Crippen LogP contribution in [-0.4, -0.2) is 30.3 Å². The Balaban J connectivity index is 1.51. The van der Waals surface area contributed by atoms with Crippen LogP contribution in [0.4, 0.5) is 4.39 Å². The molecule has 0 bridgehead atoms. The van der Waals surface area contributed by atoms with E-state index in [1.807, 2.05) is 37.3 Å². The lowest BCUT2D eigenvalue weighted by molar-refractivity contribution is -0.122. The van der Waals surface area contributed by atoms with Gasteiger partial charge in [-0.2, -0.15) is 0 Å². The Bertz CT molecular complexity index is 1530. The molecule has 10 heteroatoms. The minimum Gasteiger partial charge on any atom is -0.348 e. The molecular formula is C25H24FN5O3S. The predicted octanol–water partition coefficient (Wildman–Crippen LogP) is 2.92. The largest absolute Gasteiger partial charge is 0.348 e. The molecule has 4 aromatic rings. The third-order valence-electron chi connectivity index (χ3n) is 6.17. The van der Waals surface area contributed by atoms with Gasteiger partial charge in [0.25, 0.3) is 5.56 Å². The van der Waals surface area contributed by atoms with Gasteiger partial charge in [0.1, 0.15) is 12.4 Å². The molecule has 3 heterocycles. The van der Waals surface area contributed by atoms with Gasteiger partial charge in [-0.1, -0.05) is 42.5 Å². The van der Waals surface area contributed by atoms with Crippen LogP contribution in [0.2, 0.25) is 0 Å². The van der Waals surface area contributed by atoms with E-state index in [9.17, 15) is 18.8 Å². The van der Waals surface area contributed by atoms with Gasteiger partial charge in [0.2, 0.25) is 5.91 Å². The van der Waals surface area contributed by atoms with Crippen molar-refractivity contribution in [3.05, 3.63) is 92.6 Å². The number of hydrogen-bond donors (Lipinski definition) is 1. The van der Waals surface area contributed by atoms with Crippen LogP contribution >= 0.6 is 11.8 Å². The molecule has 8 nitrogen and oxygen atoms in total. The lowest BCUT2D eigenvalue weighted by Crippen LogP contribution is -2.45. The molecule has 2 aromatic heterocycles. The smallest absolute Gasteiger partial charge is 0.333 e. The monoisotopic (exact) mass is 493 g/mol. The topological polar surface area (TPSA) is 90.9 Å². The fourth-order valence-electron chi connectivity index (χ4n) is 4.45. The molecule has 0 radical (unpaired) electrons. The molecule has 1 amide bonds. The maximum atomic E-state index is 14.2. The number of carbonyl (C=O) groups is 1. The summed E-state index contributed by atoms with van der Waals surface area (Å²) >= 11 is 1.42. The summed E-state index contributed by atoms with van der Waals surface area (Å²) in [6, 6.07) is 13.8. The number of fused-ring (bicyclic) bond motifs is 2. The first kappa shape index (κ1) is 23.1. The van der Waals surface area contributed by atoms with E-state index in [4.69, 9.17) is 0 Å². The molecular weight excluding hydrogens is 469 g/mol. The van der Waals surface area contributed by atoms with Crippen molar-refractivity contribution in [1.82, 2.24) is 24.0 Å². The molecule has 2 aromatic carbocycles. The van der Waals surface area contributed by atoms with Crippen molar-refractivity contribution in [2.75, 3.05) is 5.75 Å². The number of amides is 1. The third-order valence-corrected chi connectivity index (χ3v) is 7.33. The normalized spacial score (nSPS) is 15.2. The summed E-state index contributed by atoms with van der Waals surface area (Å²) < 4.78 is 18.3. The first-order valence-corrected chi connectivity index (χ1v) is 12.4. The summed E-state index contributed by atoms with van der Waals surface area (Å²) in [5.74, 6) is -0.140. The molecule has 0 spiro atoms. The molecule has 0 saturated carbocycles. The second-order valence-corrected chi connectivity index (χ2v) is 9.47. The minimum absolute atomic E-state index is 0.214. The van der Waals surface area contributed by atoms with Gasteiger partial charge < -0.3 is 9.88 Å². The molecule has 35 heavy (non-hydrogen) atoms. The Morgan fingerprint density at radius 3 is 2.71 bits per heavy atom. The van der Waals surface area contributed by atoms with Gasteiger partial charge in [-0.3, -0.25) is 14.2 Å². The number of hydrogen-bond acceptors (Lipinski definition) is 5. The Morgan fingerprint density at radius 2 is 1.94 bits per heavy atom. The number of nitrogens with zero attached hydrogens (tertiary/aromatic N) is 4. The summed E-state index contributed by atoms with van der Waals surface area (Å²) in [6.45, 7) is 2.14. The molecule has 1 aliphatic heterocycles. The van der Waals surface area contributed by atoms with Crippen molar-refractivity contribution < 1.29 is 9.18 Å². The van der Waals surface area contributed by atoms with Crippen molar-refractivity contribution in [2.45, 2.75) is 43.9 Å². The highest BCUT2D eigenvalue weighted by Crippen LogP contribution is 2.37. The fraction of sp³-hybridized carbons (Fsp3) is 0.280. The number of imidazole rings is 1. The molecule has 0 aliphatic carbocycles. The van der Waals surface area contributed by atoms with E-state index in [2.05, 4.69) is 10.3 Å². The summed E-state index contributed by atoms with van der Waals surface area (Å²) in [6.07, 6.45) is 2.16. The number of aromatic nitrogens is 4. The highest BCUT2D eigenvalue weighted by molar-refractivity contribution is 7.99. The number of benzene rings is 2. The molecule has 0 fully saturated rings. The van der Waals surface area contributed by atoms with Gasteiger partial charge in [0.05, 0.1) is 18.9 Å².